The van der Waals surface area contributed by atoms with Crippen LogP contribution in [-0.4, -0.2) is 30.7 Å². The first kappa shape index (κ1) is 11.1. The zero-order valence-electron chi connectivity index (χ0n) is 8.95. The SMILES string of the molecule is C[C@H]1COCCN1Cc1cccc(Br)c1. The van der Waals surface area contributed by atoms with Crippen molar-refractivity contribution in [3.05, 3.63) is 34.3 Å². The van der Waals surface area contributed by atoms with Gasteiger partial charge in [0, 0.05) is 23.6 Å². The summed E-state index contributed by atoms with van der Waals surface area (Å²) in [6, 6.07) is 9.03. The summed E-state index contributed by atoms with van der Waals surface area (Å²) in [5.41, 5.74) is 1.36. The average Bonchev–Trinajstić information content (AvgIpc) is 2.22. The number of halogens is 1. The van der Waals surface area contributed by atoms with E-state index in [4.69, 9.17) is 4.74 Å². The van der Waals surface area contributed by atoms with Gasteiger partial charge in [0.2, 0.25) is 0 Å². The van der Waals surface area contributed by atoms with Crippen LogP contribution in [0.2, 0.25) is 0 Å². The number of rotatable bonds is 2. The Labute approximate surface area is 99.4 Å². The summed E-state index contributed by atoms with van der Waals surface area (Å²) in [7, 11) is 0. The molecule has 1 aliphatic rings. The lowest BCUT2D eigenvalue weighted by molar-refractivity contribution is -0.00437. The van der Waals surface area contributed by atoms with Gasteiger partial charge in [-0.05, 0) is 24.6 Å². The van der Waals surface area contributed by atoms with E-state index < -0.39 is 0 Å². The summed E-state index contributed by atoms with van der Waals surface area (Å²) in [5.74, 6) is 0. The van der Waals surface area contributed by atoms with Crippen molar-refractivity contribution in [2.45, 2.75) is 19.5 Å². The van der Waals surface area contributed by atoms with Gasteiger partial charge in [-0.25, -0.2) is 0 Å². The van der Waals surface area contributed by atoms with Gasteiger partial charge in [-0.3, -0.25) is 4.90 Å². The molecule has 82 valence electrons. The molecule has 0 radical (unpaired) electrons. The minimum absolute atomic E-state index is 0.526. The van der Waals surface area contributed by atoms with Gasteiger partial charge in [0.25, 0.3) is 0 Å². The fourth-order valence-corrected chi connectivity index (χ4v) is 2.31. The first-order valence-electron chi connectivity index (χ1n) is 5.32. The average molecular weight is 270 g/mol. The monoisotopic (exact) mass is 269 g/mol. The highest BCUT2D eigenvalue weighted by Crippen LogP contribution is 2.16. The fraction of sp³-hybridized carbons (Fsp3) is 0.500. The smallest absolute Gasteiger partial charge is 0.0619 e. The van der Waals surface area contributed by atoms with Crippen LogP contribution in [0.5, 0.6) is 0 Å². The largest absolute Gasteiger partial charge is 0.379 e. The van der Waals surface area contributed by atoms with E-state index in [1.54, 1.807) is 0 Å². The van der Waals surface area contributed by atoms with Crippen molar-refractivity contribution < 1.29 is 4.74 Å². The maximum absolute atomic E-state index is 5.42. The van der Waals surface area contributed by atoms with Crippen LogP contribution in [0.1, 0.15) is 12.5 Å². The zero-order valence-corrected chi connectivity index (χ0v) is 10.5. The highest BCUT2D eigenvalue weighted by molar-refractivity contribution is 9.10. The molecule has 0 saturated carbocycles. The van der Waals surface area contributed by atoms with E-state index >= 15 is 0 Å². The molecule has 1 fully saturated rings. The molecule has 15 heavy (non-hydrogen) atoms. The molecule has 2 rings (SSSR count). The Bertz CT molecular complexity index is 329. The van der Waals surface area contributed by atoms with Crippen molar-refractivity contribution in [2.75, 3.05) is 19.8 Å². The number of hydrogen-bond donors (Lipinski definition) is 0. The van der Waals surface area contributed by atoms with E-state index in [2.05, 4.69) is 52.0 Å². The summed E-state index contributed by atoms with van der Waals surface area (Å²) in [6.45, 7) is 5.99. The minimum Gasteiger partial charge on any atom is -0.379 e. The third-order valence-electron chi connectivity index (χ3n) is 2.78. The predicted molar refractivity (Wildman–Crippen MR) is 64.8 cm³/mol. The molecule has 0 bridgehead atoms. The lowest BCUT2D eigenvalue weighted by Gasteiger charge is -2.33. The number of hydrogen-bond acceptors (Lipinski definition) is 2. The molecule has 1 atom stereocenters. The minimum atomic E-state index is 0.526. The van der Waals surface area contributed by atoms with E-state index in [9.17, 15) is 0 Å². The van der Waals surface area contributed by atoms with Gasteiger partial charge < -0.3 is 4.74 Å². The Morgan fingerprint density at radius 2 is 2.40 bits per heavy atom. The molecule has 0 aromatic heterocycles. The maximum Gasteiger partial charge on any atom is 0.0619 e. The molecule has 1 heterocycles. The van der Waals surface area contributed by atoms with E-state index in [0.717, 1.165) is 30.8 Å². The van der Waals surface area contributed by atoms with Crippen LogP contribution in [0.25, 0.3) is 0 Å². The second-order valence-corrected chi connectivity index (χ2v) is 4.94. The maximum atomic E-state index is 5.42. The number of morpholine rings is 1. The second-order valence-electron chi connectivity index (χ2n) is 4.02. The first-order chi connectivity index (χ1) is 7.25. The van der Waals surface area contributed by atoms with Gasteiger partial charge in [-0.1, -0.05) is 28.1 Å². The fourth-order valence-electron chi connectivity index (χ4n) is 1.87. The summed E-state index contributed by atoms with van der Waals surface area (Å²) >= 11 is 3.50. The number of nitrogens with zero attached hydrogens (tertiary/aromatic N) is 1. The summed E-state index contributed by atoms with van der Waals surface area (Å²) in [5, 5.41) is 0. The summed E-state index contributed by atoms with van der Waals surface area (Å²) in [4.78, 5) is 2.46. The molecule has 2 nitrogen and oxygen atoms in total. The van der Waals surface area contributed by atoms with Crippen molar-refractivity contribution in [1.29, 1.82) is 0 Å². The molecule has 1 aromatic rings. The lowest BCUT2D eigenvalue weighted by Crippen LogP contribution is -2.42. The molecule has 3 heteroatoms. The Kier molecular flexibility index (Phi) is 3.78. The molecule has 0 amide bonds. The quantitative estimate of drug-likeness (QED) is 0.819. The molecular formula is C12H16BrNO. The van der Waals surface area contributed by atoms with Crippen LogP contribution in [0, 0.1) is 0 Å². The molecule has 1 aliphatic heterocycles. The highest BCUT2D eigenvalue weighted by Gasteiger charge is 2.18. The third-order valence-corrected chi connectivity index (χ3v) is 3.27. The van der Waals surface area contributed by atoms with Gasteiger partial charge in [0.05, 0.1) is 13.2 Å². The number of ether oxygens (including phenoxy) is 1. The second kappa shape index (κ2) is 5.10. The Balaban J connectivity index is 2.01. The number of benzene rings is 1. The van der Waals surface area contributed by atoms with Crippen molar-refractivity contribution in [2.24, 2.45) is 0 Å². The van der Waals surface area contributed by atoms with E-state index in [-0.39, 0.29) is 0 Å². The predicted octanol–water partition coefficient (Wildman–Crippen LogP) is 2.67. The first-order valence-corrected chi connectivity index (χ1v) is 6.11. The van der Waals surface area contributed by atoms with Crippen LogP contribution in [0.15, 0.2) is 28.7 Å². The van der Waals surface area contributed by atoms with Gasteiger partial charge in [-0.2, -0.15) is 0 Å². The Morgan fingerprint density at radius 3 is 3.13 bits per heavy atom. The van der Waals surface area contributed by atoms with Crippen LogP contribution in [0.4, 0.5) is 0 Å². The van der Waals surface area contributed by atoms with Gasteiger partial charge in [0.1, 0.15) is 0 Å². The van der Waals surface area contributed by atoms with E-state index in [0.29, 0.717) is 6.04 Å². The zero-order chi connectivity index (χ0) is 10.7. The van der Waals surface area contributed by atoms with Crippen LogP contribution in [-0.2, 0) is 11.3 Å². The van der Waals surface area contributed by atoms with E-state index in [1.807, 2.05) is 0 Å². The molecule has 0 spiro atoms. The van der Waals surface area contributed by atoms with Gasteiger partial charge in [0.15, 0.2) is 0 Å². The topological polar surface area (TPSA) is 12.5 Å². The molecular weight excluding hydrogens is 254 g/mol. The molecule has 0 unspecified atom stereocenters. The molecule has 0 N–H and O–H groups in total. The standard InChI is InChI=1S/C12H16BrNO/c1-10-9-15-6-5-14(10)8-11-3-2-4-12(13)7-11/h2-4,7,10H,5-6,8-9H2,1H3/t10-/m0/s1. The Hall–Kier alpha value is -0.380. The molecule has 1 saturated heterocycles. The molecule has 1 aromatic carbocycles. The van der Waals surface area contributed by atoms with Crippen molar-refractivity contribution in [3.63, 3.8) is 0 Å². The normalized spacial score (nSPS) is 22.9. The van der Waals surface area contributed by atoms with Crippen LogP contribution >= 0.6 is 15.9 Å². The van der Waals surface area contributed by atoms with E-state index in [1.165, 1.54) is 5.56 Å². The highest BCUT2D eigenvalue weighted by atomic mass is 79.9. The van der Waals surface area contributed by atoms with Gasteiger partial charge in [-0.15, -0.1) is 0 Å². The Morgan fingerprint density at radius 1 is 1.53 bits per heavy atom. The van der Waals surface area contributed by atoms with Crippen molar-refractivity contribution in [3.8, 4) is 0 Å². The summed E-state index contributed by atoms with van der Waals surface area (Å²) in [6.07, 6.45) is 0. The van der Waals surface area contributed by atoms with Gasteiger partial charge >= 0.3 is 0 Å². The lowest BCUT2D eigenvalue weighted by atomic mass is 10.1. The van der Waals surface area contributed by atoms with Crippen LogP contribution in [0.3, 0.4) is 0 Å². The van der Waals surface area contributed by atoms with Crippen LogP contribution < -0.4 is 0 Å². The van der Waals surface area contributed by atoms with Crippen molar-refractivity contribution >= 4 is 15.9 Å². The van der Waals surface area contributed by atoms with Crippen molar-refractivity contribution in [1.82, 2.24) is 4.90 Å². The third kappa shape index (κ3) is 3.03. The molecule has 0 aliphatic carbocycles. The summed E-state index contributed by atoms with van der Waals surface area (Å²) < 4.78 is 6.58.